The summed E-state index contributed by atoms with van der Waals surface area (Å²) in [6.07, 6.45) is 1.90. The molecule has 2 aliphatic heterocycles. The van der Waals surface area contributed by atoms with Gasteiger partial charge in [0.15, 0.2) is 0 Å². The molecule has 4 rings (SSSR count). The van der Waals surface area contributed by atoms with Gasteiger partial charge in [-0.3, -0.25) is 9.10 Å². The molecule has 1 amide bonds. The Hall–Kier alpha value is -2.94. The van der Waals surface area contributed by atoms with E-state index in [9.17, 15) is 21.6 Å². The summed E-state index contributed by atoms with van der Waals surface area (Å²) < 4.78 is 52.3. The largest absolute Gasteiger partial charge is 0.308 e. The van der Waals surface area contributed by atoms with Crippen LogP contribution in [-0.2, 0) is 26.5 Å². The second kappa shape index (κ2) is 8.44. The van der Waals surface area contributed by atoms with Crippen molar-refractivity contribution in [2.75, 3.05) is 42.1 Å². The Morgan fingerprint density at radius 3 is 2.52 bits per heavy atom. The Kier molecular flexibility index (Phi) is 5.94. The first-order chi connectivity index (χ1) is 15.5. The number of carbonyl (C=O) groups is 1. The molecular weight excluding hydrogens is 464 g/mol. The lowest BCUT2D eigenvalue weighted by Gasteiger charge is -2.36. The SMILES string of the molecule is CN(c1ccccc1C(=O)N1CCc2cc(S(=O)(=O)N3CC(CC#N)C3)ccc21)S(C)(=O)=O. The summed E-state index contributed by atoms with van der Waals surface area (Å²) in [5.74, 6) is -0.282. The van der Waals surface area contributed by atoms with Gasteiger partial charge in [0, 0.05) is 38.8 Å². The van der Waals surface area contributed by atoms with E-state index >= 15 is 0 Å². The third-order valence-electron chi connectivity index (χ3n) is 6.10. The normalized spacial score (nSPS) is 16.7. The van der Waals surface area contributed by atoms with Crippen molar-refractivity contribution >= 4 is 37.3 Å². The first-order valence-electron chi connectivity index (χ1n) is 10.4. The van der Waals surface area contributed by atoms with Gasteiger partial charge in [-0.15, -0.1) is 0 Å². The third kappa shape index (κ3) is 4.21. The Morgan fingerprint density at radius 2 is 1.85 bits per heavy atom. The van der Waals surface area contributed by atoms with Crippen LogP contribution in [0, 0.1) is 17.2 Å². The summed E-state index contributed by atoms with van der Waals surface area (Å²) in [4.78, 5) is 15.1. The van der Waals surface area contributed by atoms with Crippen molar-refractivity contribution in [3.8, 4) is 6.07 Å². The first-order valence-corrected chi connectivity index (χ1v) is 13.7. The van der Waals surface area contributed by atoms with Crippen molar-refractivity contribution in [3.63, 3.8) is 0 Å². The number of amides is 1. The predicted octanol–water partition coefficient (Wildman–Crippen LogP) is 1.82. The van der Waals surface area contributed by atoms with Gasteiger partial charge >= 0.3 is 0 Å². The molecule has 0 aromatic heterocycles. The van der Waals surface area contributed by atoms with E-state index in [1.807, 2.05) is 0 Å². The lowest BCUT2D eigenvalue weighted by Crippen LogP contribution is -2.49. The molecule has 0 unspecified atom stereocenters. The minimum atomic E-state index is -3.65. The molecule has 2 aromatic carbocycles. The number of anilines is 2. The summed E-state index contributed by atoms with van der Waals surface area (Å²) in [5, 5.41) is 8.77. The van der Waals surface area contributed by atoms with Crippen LogP contribution in [0.3, 0.4) is 0 Å². The zero-order chi connectivity index (χ0) is 24.0. The van der Waals surface area contributed by atoms with E-state index in [4.69, 9.17) is 5.26 Å². The highest BCUT2D eigenvalue weighted by atomic mass is 32.2. The van der Waals surface area contributed by atoms with Crippen molar-refractivity contribution in [1.82, 2.24) is 4.31 Å². The Bertz CT molecular complexity index is 1360. The van der Waals surface area contributed by atoms with Crippen LogP contribution in [0.15, 0.2) is 47.4 Å². The molecule has 2 aromatic rings. The smallest absolute Gasteiger partial charge is 0.260 e. The Balaban J connectivity index is 1.60. The highest BCUT2D eigenvalue weighted by Gasteiger charge is 2.37. The summed E-state index contributed by atoms with van der Waals surface area (Å²) in [5.41, 5.74) is 1.88. The van der Waals surface area contributed by atoms with E-state index in [2.05, 4.69) is 6.07 Å². The van der Waals surface area contributed by atoms with Crippen molar-refractivity contribution in [3.05, 3.63) is 53.6 Å². The highest BCUT2D eigenvalue weighted by Crippen LogP contribution is 2.35. The monoisotopic (exact) mass is 488 g/mol. The molecule has 174 valence electrons. The molecule has 0 saturated carbocycles. The van der Waals surface area contributed by atoms with Crippen molar-refractivity contribution in [2.24, 2.45) is 5.92 Å². The zero-order valence-electron chi connectivity index (χ0n) is 18.3. The molecule has 0 aliphatic carbocycles. The Morgan fingerprint density at radius 1 is 1.15 bits per heavy atom. The van der Waals surface area contributed by atoms with Gasteiger partial charge in [0.05, 0.1) is 28.5 Å². The molecule has 0 N–H and O–H groups in total. The fourth-order valence-corrected chi connectivity index (χ4v) is 6.29. The van der Waals surface area contributed by atoms with Crippen LogP contribution >= 0.6 is 0 Å². The molecule has 11 heteroatoms. The van der Waals surface area contributed by atoms with E-state index in [-0.39, 0.29) is 28.0 Å². The summed E-state index contributed by atoms with van der Waals surface area (Å²) in [6.45, 7) is 1.03. The number of nitriles is 1. The maximum atomic E-state index is 13.4. The summed E-state index contributed by atoms with van der Waals surface area (Å²) in [7, 11) is -5.81. The van der Waals surface area contributed by atoms with Gasteiger partial charge in [-0.25, -0.2) is 16.8 Å². The fraction of sp³-hybridized carbons (Fsp3) is 0.364. The average molecular weight is 489 g/mol. The van der Waals surface area contributed by atoms with Crippen LogP contribution in [-0.4, -0.2) is 60.0 Å². The molecule has 2 aliphatic rings. The summed E-state index contributed by atoms with van der Waals surface area (Å²) in [6, 6.07) is 13.3. The first kappa shape index (κ1) is 23.2. The number of sulfonamides is 2. The Labute approximate surface area is 193 Å². The molecule has 33 heavy (non-hydrogen) atoms. The number of rotatable bonds is 6. The van der Waals surface area contributed by atoms with Crippen LogP contribution in [0.5, 0.6) is 0 Å². The standard InChI is InChI=1S/C22H24N4O5S2/c1-24(32(2,28)29)21-6-4-3-5-19(21)22(27)26-12-10-17-13-18(7-8-20(17)26)33(30,31)25-14-16(15-25)9-11-23/h3-8,13,16H,9-10,12,14-15H2,1-2H3. The van der Waals surface area contributed by atoms with Crippen molar-refractivity contribution in [2.45, 2.75) is 17.7 Å². The molecule has 2 heterocycles. The molecule has 0 atom stereocenters. The number of fused-ring (bicyclic) bond motifs is 1. The molecule has 0 bridgehead atoms. The molecular formula is C22H24N4O5S2. The average Bonchev–Trinajstić information content (AvgIpc) is 3.17. The van der Waals surface area contributed by atoms with Crippen molar-refractivity contribution < 1.29 is 21.6 Å². The van der Waals surface area contributed by atoms with Gasteiger partial charge in [-0.2, -0.15) is 9.57 Å². The quantitative estimate of drug-likeness (QED) is 0.612. The van der Waals surface area contributed by atoms with E-state index in [0.29, 0.717) is 38.2 Å². The van der Waals surface area contributed by atoms with Gasteiger partial charge in [0.1, 0.15) is 0 Å². The number of benzene rings is 2. The van der Waals surface area contributed by atoms with Crippen molar-refractivity contribution in [1.29, 1.82) is 5.26 Å². The highest BCUT2D eigenvalue weighted by molar-refractivity contribution is 7.92. The van der Waals surface area contributed by atoms with Gasteiger partial charge in [0.25, 0.3) is 5.91 Å². The zero-order valence-corrected chi connectivity index (χ0v) is 19.9. The van der Waals surface area contributed by atoms with Gasteiger partial charge in [0.2, 0.25) is 20.0 Å². The number of hydrogen-bond acceptors (Lipinski definition) is 6. The number of nitrogens with zero attached hydrogens (tertiary/aromatic N) is 4. The molecule has 1 saturated heterocycles. The lowest BCUT2D eigenvalue weighted by atomic mass is 10.0. The number of para-hydroxylation sites is 1. The van der Waals surface area contributed by atoms with E-state index in [1.165, 1.54) is 17.4 Å². The minimum Gasteiger partial charge on any atom is -0.308 e. The van der Waals surface area contributed by atoms with Crippen LogP contribution in [0.2, 0.25) is 0 Å². The molecule has 0 spiro atoms. The second-order valence-electron chi connectivity index (χ2n) is 8.30. The molecule has 1 fully saturated rings. The maximum absolute atomic E-state index is 13.4. The van der Waals surface area contributed by atoms with Gasteiger partial charge in [-0.05, 0) is 48.2 Å². The van der Waals surface area contributed by atoms with E-state index in [1.54, 1.807) is 41.3 Å². The minimum absolute atomic E-state index is 0.0671. The lowest BCUT2D eigenvalue weighted by molar-refractivity contribution is 0.0990. The molecule has 9 nitrogen and oxygen atoms in total. The summed E-state index contributed by atoms with van der Waals surface area (Å²) >= 11 is 0. The fourth-order valence-electron chi connectivity index (χ4n) is 4.13. The van der Waals surface area contributed by atoms with Crippen LogP contribution in [0.4, 0.5) is 11.4 Å². The van der Waals surface area contributed by atoms with Crippen LogP contribution < -0.4 is 9.21 Å². The second-order valence-corrected chi connectivity index (χ2v) is 12.2. The van der Waals surface area contributed by atoms with Gasteiger partial charge < -0.3 is 4.90 Å². The van der Waals surface area contributed by atoms with Crippen LogP contribution in [0.1, 0.15) is 22.3 Å². The number of carbonyl (C=O) groups excluding carboxylic acids is 1. The van der Waals surface area contributed by atoms with E-state index < -0.39 is 20.0 Å². The van der Waals surface area contributed by atoms with E-state index in [0.717, 1.165) is 16.1 Å². The third-order valence-corrected chi connectivity index (χ3v) is 9.12. The van der Waals surface area contributed by atoms with Gasteiger partial charge in [-0.1, -0.05) is 12.1 Å². The van der Waals surface area contributed by atoms with Crippen LogP contribution in [0.25, 0.3) is 0 Å². The number of hydrogen-bond donors (Lipinski definition) is 0. The topological polar surface area (TPSA) is 119 Å². The predicted molar refractivity (Wildman–Crippen MR) is 124 cm³/mol. The maximum Gasteiger partial charge on any atom is 0.260 e. The molecule has 0 radical (unpaired) electrons.